The summed E-state index contributed by atoms with van der Waals surface area (Å²) in [6, 6.07) is 7.35. The highest BCUT2D eigenvalue weighted by Crippen LogP contribution is 2.43. The number of likely N-dealkylation sites (tertiary alicyclic amines) is 1. The standard InChI is InChI=1S/C20H22ClN5O2/c1-13-5-6-22-18(23-13)24-9-20(10-24)11-25(12-20)19(27)26-14(2)8-28-17-7-15(21)3-4-16(17)26/h3-7,14H,8-12H2,1-2H3. The van der Waals surface area contributed by atoms with Crippen molar-refractivity contribution in [2.75, 3.05) is 42.6 Å². The summed E-state index contributed by atoms with van der Waals surface area (Å²) in [6.45, 7) is 7.76. The molecule has 0 N–H and O–H groups in total. The van der Waals surface area contributed by atoms with Crippen LogP contribution >= 0.6 is 11.6 Å². The number of rotatable bonds is 1. The molecule has 2 amide bonds. The number of aromatic nitrogens is 2. The summed E-state index contributed by atoms with van der Waals surface area (Å²) in [7, 11) is 0. The van der Waals surface area contributed by atoms with Crippen LogP contribution < -0.4 is 14.5 Å². The molecule has 0 bridgehead atoms. The van der Waals surface area contributed by atoms with Gasteiger partial charge in [-0.3, -0.25) is 4.90 Å². The second-order valence-electron chi connectivity index (χ2n) is 8.13. The molecule has 4 heterocycles. The molecule has 1 aromatic carbocycles. The maximum Gasteiger partial charge on any atom is 0.325 e. The van der Waals surface area contributed by atoms with Gasteiger partial charge in [0.25, 0.3) is 0 Å². The fraction of sp³-hybridized carbons (Fsp3) is 0.450. The van der Waals surface area contributed by atoms with Crippen molar-refractivity contribution in [3.63, 3.8) is 0 Å². The summed E-state index contributed by atoms with van der Waals surface area (Å²) >= 11 is 6.07. The summed E-state index contributed by atoms with van der Waals surface area (Å²) in [5.74, 6) is 1.45. The van der Waals surface area contributed by atoms with Crippen LogP contribution in [0.1, 0.15) is 12.6 Å². The number of hydrogen-bond acceptors (Lipinski definition) is 5. The lowest BCUT2D eigenvalue weighted by Crippen LogP contribution is -2.74. The normalized spacial score (nSPS) is 22.2. The van der Waals surface area contributed by atoms with Gasteiger partial charge in [0.15, 0.2) is 0 Å². The van der Waals surface area contributed by atoms with Crippen LogP contribution in [0, 0.1) is 12.3 Å². The number of benzene rings is 1. The highest BCUT2D eigenvalue weighted by atomic mass is 35.5. The molecule has 0 saturated carbocycles. The van der Waals surface area contributed by atoms with E-state index >= 15 is 0 Å². The SMILES string of the molecule is Cc1ccnc(N2CC3(CN(C(=O)N4c5ccc(Cl)cc5OCC4C)C3)C2)n1. The monoisotopic (exact) mass is 399 g/mol. The van der Waals surface area contributed by atoms with Crippen LogP contribution in [0.25, 0.3) is 0 Å². The van der Waals surface area contributed by atoms with Gasteiger partial charge in [-0.1, -0.05) is 11.6 Å². The number of anilines is 2. The molecular formula is C20H22ClN5O2. The van der Waals surface area contributed by atoms with Crippen molar-refractivity contribution in [3.8, 4) is 5.75 Å². The molecule has 3 aliphatic rings. The van der Waals surface area contributed by atoms with Crippen LogP contribution in [0.5, 0.6) is 5.75 Å². The maximum atomic E-state index is 13.2. The van der Waals surface area contributed by atoms with E-state index < -0.39 is 0 Å². The first-order valence-electron chi connectivity index (χ1n) is 9.49. The Kier molecular flexibility index (Phi) is 3.91. The minimum atomic E-state index is -0.0173. The largest absolute Gasteiger partial charge is 0.489 e. The smallest absolute Gasteiger partial charge is 0.325 e. The summed E-state index contributed by atoms with van der Waals surface area (Å²) in [4.78, 5) is 28.0. The van der Waals surface area contributed by atoms with Crippen molar-refractivity contribution in [3.05, 3.63) is 41.2 Å². The minimum absolute atomic E-state index is 0.0173. The Bertz CT molecular complexity index is 938. The van der Waals surface area contributed by atoms with E-state index in [1.807, 2.05) is 35.8 Å². The first-order valence-corrected chi connectivity index (χ1v) is 9.87. The summed E-state index contributed by atoms with van der Waals surface area (Å²) in [6.07, 6.45) is 1.79. The van der Waals surface area contributed by atoms with Crippen molar-refractivity contribution < 1.29 is 9.53 Å². The molecule has 2 aromatic rings. The van der Waals surface area contributed by atoms with Gasteiger partial charge in [0, 0.05) is 54.6 Å². The van der Waals surface area contributed by atoms with Crippen molar-refractivity contribution in [1.29, 1.82) is 0 Å². The Morgan fingerprint density at radius 2 is 2.04 bits per heavy atom. The van der Waals surface area contributed by atoms with E-state index in [-0.39, 0.29) is 17.5 Å². The minimum Gasteiger partial charge on any atom is -0.489 e. The number of hydrogen-bond donors (Lipinski definition) is 0. The van der Waals surface area contributed by atoms with Crippen LogP contribution in [0.2, 0.25) is 5.02 Å². The van der Waals surface area contributed by atoms with Crippen molar-refractivity contribution in [1.82, 2.24) is 14.9 Å². The zero-order valence-electron chi connectivity index (χ0n) is 15.9. The van der Waals surface area contributed by atoms with Gasteiger partial charge in [-0.15, -0.1) is 0 Å². The highest BCUT2D eigenvalue weighted by Gasteiger charge is 2.55. The summed E-state index contributed by atoms with van der Waals surface area (Å²) < 4.78 is 5.76. The molecule has 2 fully saturated rings. The third-order valence-electron chi connectivity index (χ3n) is 5.75. The summed E-state index contributed by atoms with van der Waals surface area (Å²) in [5.41, 5.74) is 1.93. The quantitative estimate of drug-likeness (QED) is 0.737. The van der Waals surface area contributed by atoms with E-state index in [0.29, 0.717) is 17.4 Å². The Hall–Kier alpha value is -2.54. The third-order valence-corrected chi connectivity index (χ3v) is 5.98. The number of carbonyl (C=O) groups is 1. The number of halogens is 1. The van der Waals surface area contributed by atoms with Gasteiger partial charge in [0.05, 0.1) is 11.7 Å². The Morgan fingerprint density at radius 1 is 1.25 bits per heavy atom. The molecule has 1 aromatic heterocycles. The number of ether oxygens (including phenoxy) is 1. The van der Waals surface area contributed by atoms with E-state index in [4.69, 9.17) is 16.3 Å². The lowest BCUT2D eigenvalue weighted by molar-refractivity contribution is 0.00813. The third kappa shape index (κ3) is 2.76. The van der Waals surface area contributed by atoms with E-state index in [2.05, 4.69) is 14.9 Å². The Morgan fingerprint density at radius 3 is 2.79 bits per heavy atom. The van der Waals surface area contributed by atoms with Gasteiger partial charge in [0.1, 0.15) is 12.4 Å². The maximum absolute atomic E-state index is 13.2. The molecule has 28 heavy (non-hydrogen) atoms. The zero-order chi connectivity index (χ0) is 19.5. The van der Waals surface area contributed by atoms with Crippen LogP contribution in [-0.4, -0.2) is 59.7 Å². The van der Waals surface area contributed by atoms with E-state index in [9.17, 15) is 4.79 Å². The molecule has 146 valence electrons. The number of amides is 2. The molecule has 7 nitrogen and oxygen atoms in total. The summed E-state index contributed by atoms with van der Waals surface area (Å²) in [5, 5.41) is 0.608. The molecule has 1 atom stereocenters. The van der Waals surface area contributed by atoms with E-state index in [1.54, 1.807) is 18.3 Å². The number of nitrogens with zero attached hydrogens (tertiary/aromatic N) is 5. The van der Waals surface area contributed by atoms with Gasteiger partial charge in [-0.25, -0.2) is 14.8 Å². The van der Waals surface area contributed by atoms with Gasteiger partial charge in [-0.05, 0) is 32.0 Å². The molecule has 8 heteroatoms. The Balaban J connectivity index is 1.26. The molecule has 1 unspecified atom stereocenters. The van der Waals surface area contributed by atoms with Gasteiger partial charge < -0.3 is 14.5 Å². The second kappa shape index (κ2) is 6.24. The molecular weight excluding hydrogens is 378 g/mol. The number of fused-ring (bicyclic) bond motifs is 1. The van der Waals surface area contributed by atoms with Crippen molar-refractivity contribution in [2.24, 2.45) is 5.41 Å². The van der Waals surface area contributed by atoms with E-state index in [0.717, 1.165) is 43.5 Å². The molecule has 0 radical (unpaired) electrons. The van der Waals surface area contributed by atoms with E-state index in [1.165, 1.54) is 0 Å². The van der Waals surface area contributed by atoms with Crippen molar-refractivity contribution in [2.45, 2.75) is 19.9 Å². The molecule has 2 saturated heterocycles. The fourth-order valence-corrected chi connectivity index (χ4v) is 4.52. The first kappa shape index (κ1) is 17.6. The molecule has 1 spiro atoms. The lowest BCUT2D eigenvalue weighted by atomic mass is 9.73. The average Bonchev–Trinajstić information content (AvgIpc) is 2.59. The molecule has 0 aliphatic carbocycles. The van der Waals surface area contributed by atoms with Crippen LogP contribution in [0.15, 0.2) is 30.5 Å². The highest BCUT2D eigenvalue weighted by molar-refractivity contribution is 6.30. The number of urea groups is 1. The van der Waals surface area contributed by atoms with Crippen LogP contribution in [0.3, 0.4) is 0 Å². The predicted molar refractivity (Wildman–Crippen MR) is 107 cm³/mol. The van der Waals surface area contributed by atoms with Gasteiger partial charge >= 0.3 is 6.03 Å². The van der Waals surface area contributed by atoms with Crippen LogP contribution in [0.4, 0.5) is 16.4 Å². The average molecular weight is 400 g/mol. The van der Waals surface area contributed by atoms with Crippen molar-refractivity contribution >= 4 is 29.3 Å². The lowest BCUT2D eigenvalue weighted by Gasteiger charge is -2.60. The Labute approximate surface area is 168 Å². The van der Waals surface area contributed by atoms with Crippen LogP contribution in [-0.2, 0) is 0 Å². The second-order valence-corrected chi connectivity index (χ2v) is 8.57. The molecule has 3 aliphatic heterocycles. The zero-order valence-corrected chi connectivity index (χ0v) is 16.7. The predicted octanol–water partition coefficient (Wildman–Crippen LogP) is 2.97. The van der Waals surface area contributed by atoms with Gasteiger partial charge in [-0.2, -0.15) is 0 Å². The van der Waals surface area contributed by atoms with Gasteiger partial charge in [0.2, 0.25) is 5.95 Å². The topological polar surface area (TPSA) is 61.8 Å². The fourth-order valence-electron chi connectivity index (χ4n) is 4.36. The first-order chi connectivity index (χ1) is 13.4. The molecule has 5 rings (SSSR count). The number of carbonyl (C=O) groups excluding carboxylic acids is 1. The number of aryl methyl sites for hydroxylation is 1.